The second-order valence-corrected chi connectivity index (χ2v) is 9.20. The zero-order valence-corrected chi connectivity index (χ0v) is 15.9. The third-order valence-corrected chi connectivity index (χ3v) is 5.69. The van der Waals surface area contributed by atoms with Gasteiger partial charge in [-0.3, -0.25) is 0 Å². The normalized spacial score (nSPS) is 16.4. The average molecular weight is 372 g/mol. The Morgan fingerprint density at radius 1 is 1.24 bits per heavy atom. The van der Waals surface area contributed by atoms with E-state index >= 15 is 0 Å². The first-order valence-electron chi connectivity index (χ1n) is 7.85. The lowest BCUT2D eigenvalue weighted by Gasteiger charge is -2.19. The minimum atomic E-state index is 0.238. The van der Waals surface area contributed by atoms with Crippen molar-refractivity contribution in [3.63, 3.8) is 0 Å². The van der Waals surface area contributed by atoms with E-state index in [2.05, 4.69) is 48.9 Å². The van der Waals surface area contributed by atoms with E-state index in [1.54, 1.807) is 0 Å². The highest BCUT2D eigenvalue weighted by Crippen LogP contribution is 2.39. The number of aromatic nitrogens is 2. The van der Waals surface area contributed by atoms with Gasteiger partial charge in [0.2, 0.25) is 0 Å². The molecular formula is C16H26BrN3S. The maximum atomic E-state index is 4.88. The molecule has 1 aromatic rings. The van der Waals surface area contributed by atoms with E-state index in [1.165, 1.54) is 31.4 Å². The topological polar surface area (TPSA) is 37.8 Å². The average Bonchev–Trinajstić information content (AvgIpc) is 2.92. The maximum Gasteiger partial charge on any atom is 0.144 e. The van der Waals surface area contributed by atoms with Crippen molar-refractivity contribution in [3.8, 4) is 0 Å². The molecule has 0 spiro atoms. The Labute approximate surface area is 141 Å². The van der Waals surface area contributed by atoms with E-state index < -0.39 is 0 Å². The van der Waals surface area contributed by atoms with Gasteiger partial charge in [-0.2, -0.15) is 0 Å². The molecule has 0 bridgehead atoms. The summed E-state index contributed by atoms with van der Waals surface area (Å²) in [5.74, 6) is 3.38. The second-order valence-electron chi connectivity index (χ2n) is 6.60. The summed E-state index contributed by atoms with van der Waals surface area (Å²) >= 11 is 5.63. The Bertz CT molecular complexity index is 479. The van der Waals surface area contributed by atoms with E-state index in [9.17, 15) is 0 Å². The second kappa shape index (κ2) is 7.32. The molecule has 2 rings (SSSR count). The molecule has 1 heterocycles. The minimum absolute atomic E-state index is 0.238. The third-order valence-electron chi connectivity index (χ3n) is 3.64. The van der Waals surface area contributed by atoms with Crippen molar-refractivity contribution in [1.29, 1.82) is 0 Å². The Balaban J connectivity index is 2.27. The number of rotatable bonds is 5. The zero-order chi connectivity index (χ0) is 15.5. The molecule has 0 aliphatic heterocycles. The summed E-state index contributed by atoms with van der Waals surface area (Å²) in [5.41, 5.74) is 1.21. The molecule has 0 radical (unpaired) electrons. The number of nitrogens with zero attached hydrogens (tertiary/aromatic N) is 2. The van der Waals surface area contributed by atoms with Crippen LogP contribution in [0.15, 0.2) is 4.47 Å². The Morgan fingerprint density at radius 2 is 1.90 bits per heavy atom. The summed E-state index contributed by atoms with van der Waals surface area (Å²) in [5, 5.41) is 3.37. The lowest BCUT2D eigenvalue weighted by Crippen LogP contribution is -2.12. The van der Waals surface area contributed by atoms with Gasteiger partial charge in [-0.15, -0.1) is 11.8 Å². The molecule has 5 heteroatoms. The molecule has 21 heavy (non-hydrogen) atoms. The maximum absolute atomic E-state index is 4.88. The van der Waals surface area contributed by atoms with Gasteiger partial charge in [-0.05, 0) is 35.7 Å². The van der Waals surface area contributed by atoms with Gasteiger partial charge >= 0.3 is 0 Å². The largest absolute Gasteiger partial charge is 0.369 e. The Kier molecular flexibility index (Phi) is 5.95. The van der Waals surface area contributed by atoms with E-state index in [1.807, 2.05) is 11.8 Å². The van der Waals surface area contributed by atoms with Crippen LogP contribution in [0.5, 0.6) is 0 Å². The molecule has 118 valence electrons. The van der Waals surface area contributed by atoms with Crippen molar-refractivity contribution >= 4 is 33.5 Å². The molecule has 3 nitrogen and oxygen atoms in total. The molecule has 1 saturated carbocycles. The van der Waals surface area contributed by atoms with E-state index in [-0.39, 0.29) is 4.75 Å². The fourth-order valence-electron chi connectivity index (χ4n) is 2.61. The smallest absolute Gasteiger partial charge is 0.144 e. The van der Waals surface area contributed by atoms with Crippen LogP contribution in [0.2, 0.25) is 0 Å². The summed E-state index contributed by atoms with van der Waals surface area (Å²) in [4.78, 5) is 9.59. The summed E-state index contributed by atoms with van der Waals surface area (Å²) in [6.45, 7) is 9.69. The molecule has 1 N–H and O–H groups in total. The van der Waals surface area contributed by atoms with Gasteiger partial charge in [0.15, 0.2) is 0 Å². The molecule has 1 aromatic heterocycles. The first-order chi connectivity index (χ1) is 9.90. The highest BCUT2D eigenvalue weighted by atomic mass is 79.9. The molecule has 0 amide bonds. The summed E-state index contributed by atoms with van der Waals surface area (Å²) < 4.78 is 1.31. The molecular weight excluding hydrogens is 346 g/mol. The molecule has 0 saturated heterocycles. The number of hydrogen-bond donors (Lipinski definition) is 1. The molecule has 1 aliphatic rings. The van der Waals surface area contributed by atoms with E-state index in [4.69, 9.17) is 9.97 Å². The van der Waals surface area contributed by atoms with E-state index in [0.717, 1.165) is 28.4 Å². The van der Waals surface area contributed by atoms with Crippen LogP contribution >= 0.6 is 27.7 Å². The Morgan fingerprint density at radius 3 is 2.48 bits per heavy atom. The van der Waals surface area contributed by atoms with Crippen molar-refractivity contribution in [2.24, 2.45) is 0 Å². The van der Waals surface area contributed by atoms with Crippen LogP contribution < -0.4 is 5.32 Å². The number of nitrogens with one attached hydrogen (secondary N) is 1. The SMILES string of the molecule is CCNc1nc(CSC(C)(C)C)nc(C2CCCC2)c1Br. The van der Waals surface area contributed by atoms with Crippen molar-refractivity contribution in [2.75, 3.05) is 11.9 Å². The molecule has 0 atom stereocenters. The number of hydrogen-bond acceptors (Lipinski definition) is 4. The monoisotopic (exact) mass is 371 g/mol. The quantitative estimate of drug-likeness (QED) is 0.755. The standard InChI is InChI=1S/C16H26BrN3S/c1-5-18-15-13(17)14(11-8-6-7-9-11)19-12(20-15)10-21-16(2,3)4/h11H,5-10H2,1-4H3,(H,18,19,20). The van der Waals surface area contributed by atoms with Crippen LogP contribution in [0.1, 0.15) is 70.8 Å². The van der Waals surface area contributed by atoms with Crippen molar-refractivity contribution in [1.82, 2.24) is 9.97 Å². The van der Waals surface area contributed by atoms with Crippen molar-refractivity contribution in [2.45, 2.75) is 69.8 Å². The van der Waals surface area contributed by atoms with Crippen LogP contribution in [0.3, 0.4) is 0 Å². The van der Waals surface area contributed by atoms with Gasteiger partial charge in [0.05, 0.1) is 15.9 Å². The van der Waals surface area contributed by atoms with Crippen LogP contribution in [0.4, 0.5) is 5.82 Å². The lowest BCUT2D eigenvalue weighted by atomic mass is 10.0. The molecule has 1 aliphatic carbocycles. The van der Waals surface area contributed by atoms with Gasteiger partial charge in [-0.1, -0.05) is 33.6 Å². The third kappa shape index (κ3) is 4.85. The molecule has 0 aromatic carbocycles. The van der Waals surface area contributed by atoms with Crippen LogP contribution in [-0.2, 0) is 5.75 Å². The van der Waals surface area contributed by atoms with Gasteiger partial charge in [0.1, 0.15) is 11.6 Å². The van der Waals surface area contributed by atoms with Gasteiger partial charge in [-0.25, -0.2) is 9.97 Å². The number of halogens is 1. The molecule has 1 fully saturated rings. The predicted molar refractivity (Wildman–Crippen MR) is 96.2 cm³/mol. The highest BCUT2D eigenvalue weighted by molar-refractivity contribution is 9.10. The summed E-state index contributed by atoms with van der Waals surface area (Å²) in [6.07, 6.45) is 5.16. The van der Waals surface area contributed by atoms with Crippen LogP contribution in [0, 0.1) is 0 Å². The van der Waals surface area contributed by atoms with Crippen molar-refractivity contribution < 1.29 is 0 Å². The first-order valence-corrected chi connectivity index (χ1v) is 9.62. The fraction of sp³-hybridized carbons (Fsp3) is 0.750. The van der Waals surface area contributed by atoms with E-state index in [0.29, 0.717) is 5.92 Å². The first kappa shape index (κ1) is 17.1. The Hall–Kier alpha value is -0.290. The van der Waals surface area contributed by atoms with Crippen LogP contribution in [-0.4, -0.2) is 21.3 Å². The summed E-state index contributed by atoms with van der Waals surface area (Å²) in [7, 11) is 0. The van der Waals surface area contributed by atoms with Crippen LogP contribution in [0.25, 0.3) is 0 Å². The summed E-state index contributed by atoms with van der Waals surface area (Å²) in [6, 6.07) is 0. The number of anilines is 1. The van der Waals surface area contributed by atoms with Gasteiger partial charge in [0.25, 0.3) is 0 Å². The van der Waals surface area contributed by atoms with Gasteiger partial charge in [0, 0.05) is 17.2 Å². The predicted octanol–water partition coefficient (Wildman–Crippen LogP) is 5.36. The molecule has 0 unspecified atom stereocenters. The minimum Gasteiger partial charge on any atom is -0.369 e. The highest BCUT2D eigenvalue weighted by Gasteiger charge is 2.24. The fourth-order valence-corrected chi connectivity index (χ4v) is 3.94. The number of thioether (sulfide) groups is 1. The lowest BCUT2D eigenvalue weighted by molar-refractivity contribution is 0.683. The zero-order valence-electron chi connectivity index (χ0n) is 13.5. The van der Waals surface area contributed by atoms with Crippen molar-refractivity contribution in [3.05, 3.63) is 16.0 Å². The van der Waals surface area contributed by atoms with Gasteiger partial charge < -0.3 is 5.32 Å².